The predicted molar refractivity (Wildman–Crippen MR) is 191 cm³/mol. The van der Waals surface area contributed by atoms with Crippen LogP contribution in [-0.4, -0.2) is 89.3 Å². The zero-order valence-electron chi connectivity index (χ0n) is 31.0. The van der Waals surface area contributed by atoms with Crippen LogP contribution in [-0.2, 0) is 23.4 Å². The molecule has 0 saturated carbocycles. The molecule has 11 heteroatoms. The molecule has 0 saturated heterocycles. The van der Waals surface area contributed by atoms with Crippen LogP contribution in [0.15, 0.2) is 0 Å². The molecule has 0 bridgehead atoms. The SMILES string of the molecule is CCCCCCCCCCCCCC(=O)OC(C(=O)CCCCCCCCCCCCC)C(O)CO.C[N+](C)(C)CCOP(=O)(O)O. The number of hydrogen-bond acceptors (Lipinski definition) is 7. The zero-order valence-corrected chi connectivity index (χ0v) is 31.9. The van der Waals surface area contributed by atoms with E-state index in [4.69, 9.17) is 14.5 Å². The maximum absolute atomic E-state index is 12.6. The summed E-state index contributed by atoms with van der Waals surface area (Å²) in [6.07, 6.45) is 24.4. The van der Waals surface area contributed by atoms with Gasteiger partial charge in [0, 0.05) is 12.8 Å². The highest BCUT2D eigenvalue weighted by Gasteiger charge is 2.29. The van der Waals surface area contributed by atoms with Gasteiger partial charge in [-0.15, -0.1) is 0 Å². The van der Waals surface area contributed by atoms with Crippen molar-refractivity contribution in [3.05, 3.63) is 0 Å². The molecular formula is C36H75NO9P+. The number of quaternary nitrogens is 1. The Hall–Kier alpha value is -0.870. The molecule has 0 radical (unpaired) electrons. The summed E-state index contributed by atoms with van der Waals surface area (Å²) >= 11 is 0. The summed E-state index contributed by atoms with van der Waals surface area (Å²) in [6, 6.07) is 0. The number of unbranched alkanes of at least 4 members (excludes halogenated alkanes) is 20. The minimum atomic E-state index is -4.26. The number of hydrogen-bond donors (Lipinski definition) is 4. The van der Waals surface area contributed by atoms with Crippen LogP contribution in [0.4, 0.5) is 0 Å². The number of aliphatic hydroxyl groups excluding tert-OH is 2. The Kier molecular flexibility index (Phi) is 33.2. The molecule has 10 nitrogen and oxygen atoms in total. The van der Waals surface area contributed by atoms with Gasteiger partial charge in [0.1, 0.15) is 19.3 Å². The smallest absolute Gasteiger partial charge is 0.451 e. The number of rotatable bonds is 32. The highest BCUT2D eigenvalue weighted by molar-refractivity contribution is 7.46. The fourth-order valence-corrected chi connectivity index (χ4v) is 5.45. The van der Waals surface area contributed by atoms with Crippen LogP contribution >= 0.6 is 7.82 Å². The van der Waals surface area contributed by atoms with Crippen molar-refractivity contribution in [2.24, 2.45) is 0 Å². The van der Waals surface area contributed by atoms with E-state index in [9.17, 15) is 24.4 Å². The molecule has 282 valence electrons. The van der Waals surface area contributed by atoms with Gasteiger partial charge in [-0.25, -0.2) is 4.57 Å². The monoisotopic (exact) mass is 697 g/mol. The molecule has 0 heterocycles. The third kappa shape index (κ3) is 37.8. The van der Waals surface area contributed by atoms with Gasteiger partial charge in [0.15, 0.2) is 11.9 Å². The highest BCUT2D eigenvalue weighted by atomic mass is 31.2. The topological polar surface area (TPSA) is 151 Å². The van der Waals surface area contributed by atoms with E-state index in [0.29, 0.717) is 11.0 Å². The van der Waals surface area contributed by atoms with E-state index in [1.165, 1.54) is 103 Å². The van der Waals surface area contributed by atoms with E-state index in [2.05, 4.69) is 18.4 Å². The molecule has 0 aliphatic carbocycles. The van der Waals surface area contributed by atoms with E-state index < -0.39 is 32.6 Å². The van der Waals surface area contributed by atoms with Crippen LogP contribution in [0.2, 0.25) is 0 Å². The number of carbonyl (C=O) groups is 2. The number of nitrogens with zero attached hydrogens (tertiary/aromatic N) is 1. The van der Waals surface area contributed by atoms with Crippen molar-refractivity contribution in [2.75, 3.05) is 40.9 Å². The minimum absolute atomic E-state index is 0.0772. The number of ketones is 1. The zero-order chi connectivity index (χ0) is 35.8. The van der Waals surface area contributed by atoms with E-state index in [-0.39, 0.29) is 25.2 Å². The number of aliphatic hydroxyl groups is 2. The fraction of sp³-hybridized carbons (Fsp3) is 0.944. The summed E-state index contributed by atoms with van der Waals surface area (Å²) in [5.41, 5.74) is 0. The number of esters is 1. The van der Waals surface area contributed by atoms with E-state index in [1.54, 1.807) is 0 Å². The molecule has 47 heavy (non-hydrogen) atoms. The summed E-state index contributed by atoms with van der Waals surface area (Å²) < 4.78 is 20.4. The van der Waals surface area contributed by atoms with Crippen LogP contribution in [0.5, 0.6) is 0 Å². The molecule has 0 aliphatic heterocycles. The van der Waals surface area contributed by atoms with Crippen molar-refractivity contribution >= 4 is 19.6 Å². The van der Waals surface area contributed by atoms with Crippen LogP contribution in [0.25, 0.3) is 0 Å². The van der Waals surface area contributed by atoms with Crippen LogP contribution in [0.3, 0.4) is 0 Å². The molecule has 0 fully saturated rings. The van der Waals surface area contributed by atoms with Crippen molar-refractivity contribution in [2.45, 2.75) is 180 Å². The fourth-order valence-electron chi connectivity index (χ4n) is 5.13. The average molecular weight is 697 g/mol. The Bertz CT molecular complexity index is 770. The number of carbonyl (C=O) groups excluding carboxylic acids is 2. The third-order valence-corrected chi connectivity index (χ3v) is 8.66. The third-order valence-electron chi connectivity index (χ3n) is 8.15. The lowest BCUT2D eigenvalue weighted by atomic mass is 10.0. The van der Waals surface area contributed by atoms with Gasteiger partial charge in [0.05, 0.1) is 27.7 Å². The summed E-state index contributed by atoms with van der Waals surface area (Å²) in [5, 5.41) is 19.3. The number of phosphoric ester groups is 1. The van der Waals surface area contributed by atoms with Crippen molar-refractivity contribution < 1.29 is 47.9 Å². The highest BCUT2D eigenvalue weighted by Crippen LogP contribution is 2.35. The molecule has 2 unspecified atom stereocenters. The Morgan fingerprint density at radius 3 is 1.34 bits per heavy atom. The molecule has 0 aromatic carbocycles. The second-order valence-electron chi connectivity index (χ2n) is 14.0. The number of likely N-dealkylation sites (N-methyl/N-ethyl adjacent to an activating group) is 1. The Morgan fingerprint density at radius 2 is 1.00 bits per heavy atom. The molecule has 0 aliphatic rings. The largest absolute Gasteiger partial charge is 0.469 e. The van der Waals surface area contributed by atoms with Gasteiger partial charge in [-0.3, -0.25) is 14.1 Å². The van der Waals surface area contributed by atoms with E-state index >= 15 is 0 Å². The van der Waals surface area contributed by atoms with Gasteiger partial charge >= 0.3 is 13.8 Å². The molecule has 0 aromatic heterocycles. The number of Topliss-reactive ketones (excluding diaryl/α,β-unsaturated/α-hetero) is 1. The van der Waals surface area contributed by atoms with Crippen molar-refractivity contribution in [3.8, 4) is 0 Å². The summed E-state index contributed by atoms with van der Waals surface area (Å²) in [5.74, 6) is -0.726. The lowest BCUT2D eigenvalue weighted by Gasteiger charge is -2.23. The number of ether oxygens (including phenoxy) is 1. The first-order valence-corrected chi connectivity index (χ1v) is 20.3. The molecular weight excluding hydrogens is 621 g/mol. The summed E-state index contributed by atoms with van der Waals surface area (Å²) in [6.45, 7) is 4.54. The van der Waals surface area contributed by atoms with Crippen LogP contribution < -0.4 is 0 Å². The number of phosphoric acid groups is 1. The first kappa shape index (κ1) is 48.2. The van der Waals surface area contributed by atoms with Crippen LogP contribution in [0.1, 0.15) is 168 Å². The summed E-state index contributed by atoms with van der Waals surface area (Å²) in [4.78, 5) is 41.4. The second-order valence-corrected chi connectivity index (χ2v) is 15.3. The van der Waals surface area contributed by atoms with Gasteiger partial charge in [0.2, 0.25) is 0 Å². The van der Waals surface area contributed by atoms with Gasteiger partial charge in [-0.05, 0) is 12.8 Å². The maximum atomic E-state index is 12.6. The first-order chi connectivity index (χ1) is 22.3. The Labute approximate surface area is 288 Å². The quantitative estimate of drug-likeness (QED) is 0.0237. The van der Waals surface area contributed by atoms with E-state index in [0.717, 1.165) is 38.5 Å². The first-order valence-electron chi connectivity index (χ1n) is 18.8. The second kappa shape index (κ2) is 32.3. The van der Waals surface area contributed by atoms with Gasteiger partial charge in [-0.1, -0.05) is 142 Å². The molecule has 4 N–H and O–H groups in total. The predicted octanol–water partition coefficient (Wildman–Crippen LogP) is 8.02. The molecule has 0 amide bonds. The lowest BCUT2D eigenvalue weighted by Crippen LogP contribution is -2.40. The molecule has 0 spiro atoms. The van der Waals surface area contributed by atoms with Crippen LogP contribution in [0, 0.1) is 0 Å². The van der Waals surface area contributed by atoms with Crippen molar-refractivity contribution in [3.63, 3.8) is 0 Å². The van der Waals surface area contributed by atoms with Crippen molar-refractivity contribution in [1.82, 2.24) is 0 Å². The minimum Gasteiger partial charge on any atom is -0.451 e. The normalized spacial score (nSPS) is 13.1. The van der Waals surface area contributed by atoms with Gasteiger partial charge < -0.3 is 29.2 Å². The summed E-state index contributed by atoms with van der Waals surface area (Å²) in [7, 11) is 1.50. The molecule has 0 aromatic rings. The van der Waals surface area contributed by atoms with E-state index in [1.807, 2.05) is 21.1 Å². The molecule has 0 rings (SSSR count). The lowest BCUT2D eigenvalue weighted by molar-refractivity contribution is -0.870. The maximum Gasteiger partial charge on any atom is 0.469 e. The Morgan fingerprint density at radius 1 is 0.638 bits per heavy atom. The van der Waals surface area contributed by atoms with Crippen molar-refractivity contribution in [1.29, 1.82) is 0 Å². The standard InChI is InChI=1S/C31H60O5.C5H14NO4P/c1-3-5-7-9-11-13-15-17-19-21-23-25-28(33)31(29(34)27-32)36-30(35)26-24-22-20-18-16-14-12-10-8-6-4-2;1-6(2,3)4-5-10-11(7,8)9/h29,31-32,34H,3-27H2,1-2H3;4-5H2,1-3H3,(H-,7,8,9)/p+1. The van der Waals surface area contributed by atoms with Gasteiger partial charge in [-0.2, -0.15) is 0 Å². The van der Waals surface area contributed by atoms with Gasteiger partial charge in [0.25, 0.3) is 0 Å². The average Bonchev–Trinajstić information content (AvgIpc) is 2.99. The molecule has 2 atom stereocenters. The Balaban J connectivity index is 0.